The Morgan fingerprint density at radius 3 is 2.53 bits per heavy atom. The van der Waals surface area contributed by atoms with Crippen LogP contribution in [0.4, 0.5) is 8.78 Å². The number of amides is 2. The molecule has 4 rings (SSSR count). The summed E-state index contributed by atoms with van der Waals surface area (Å²) in [5.74, 6) is -0.436. The van der Waals surface area contributed by atoms with Gasteiger partial charge in [-0.05, 0) is 48.6 Å². The van der Waals surface area contributed by atoms with E-state index in [2.05, 4.69) is 0 Å². The second kappa shape index (κ2) is 8.54. The third-order valence-corrected chi connectivity index (χ3v) is 6.41. The lowest BCUT2D eigenvalue weighted by Crippen LogP contribution is -2.44. The molecular formula is C24H26F2N2O2. The van der Waals surface area contributed by atoms with Gasteiger partial charge in [0.15, 0.2) is 0 Å². The fourth-order valence-corrected chi connectivity index (χ4v) is 4.65. The predicted molar refractivity (Wildman–Crippen MR) is 109 cm³/mol. The van der Waals surface area contributed by atoms with Crippen molar-refractivity contribution in [2.45, 2.75) is 38.6 Å². The summed E-state index contributed by atoms with van der Waals surface area (Å²) in [5.41, 5.74) is 1.25. The summed E-state index contributed by atoms with van der Waals surface area (Å²) in [5, 5.41) is 0. The number of hydrogen-bond acceptors (Lipinski definition) is 2. The summed E-state index contributed by atoms with van der Waals surface area (Å²) in [6.45, 7) is 2.32. The van der Waals surface area contributed by atoms with Gasteiger partial charge in [-0.25, -0.2) is 8.78 Å². The fourth-order valence-electron chi connectivity index (χ4n) is 4.65. The number of aryl methyl sites for hydroxylation is 1. The molecule has 2 fully saturated rings. The molecule has 0 aliphatic carbocycles. The van der Waals surface area contributed by atoms with E-state index in [1.807, 2.05) is 15.9 Å². The van der Waals surface area contributed by atoms with E-state index in [-0.39, 0.29) is 28.9 Å². The highest BCUT2D eigenvalue weighted by Gasteiger charge is 2.45. The minimum Gasteiger partial charge on any atom is -0.343 e. The number of benzene rings is 2. The predicted octanol–water partition coefficient (Wildman–Crippen LogP) is 3.94. The molecule has 0 radical (unpaired) electrons. The highest BCUT2D eigenvalue weighted by molar-refractivity contribution is 5.80. The maximum Gasteiger partial charge on any atom is 0.223 e. The van der Waals surface area contributed by atoms with Gasteiger partial charge in [0.2, 0.25) is 11.8 Å². The molecule has 0 saturated carbocycles. The first-order valence-electron chi connectivity index (χ1n) is 10.5. The van der Waals surface area contributed by atoms with E-state index in [0.29, 0.717) is 51.0 Å². The number of rotatable bonds is 5. The van der Waals surface area contributed by atoms with E-state index < -0.39 is 0 Å². The normalized spacial score (nSPS) is 18.3. The molecule has 158 valence electrons. The summed E-state index contributed by atoms with van der Waals surface area (Å²) in [4.78, 5) is 28.8. The lowest BCUT2D eigenvalue weighted by Gasteiger charge is -2.39. The van der Waals surface area contributed by atoms with Crippen LogP contribution in [0.2, 0.25) is 0 Å². The molecule has 0 aromatic heterocycles. The van der Waals surface area contributed by atoms with E-state index in [0.717, 1.165) is 18.4 Å². The van der Waals surface area contributed by atoms with Crippen LogP contribution in [0.3, 0.4) is 0 Å². The van der Waals surface area contributed by atoms with E-state index in [4.69, 9.17) is 0 Å². The van der Waals surface area contributed by atoms with Crippen molar-refractivity contribution in [1.82, 2.24) is 9.80 Å². The molecule has 2 saturated heterocycles. The topological polar surface area (TPSA) is 40.6 Å². The monoisotopic (exact) mass is 412 g/mol. The third-order valence-electron chi connectivity index (χ3n) is 6.41. The van der Waals surface area contributed by atoms with Gasteiger partial charge in [-0.15, -0.1) is 0 Å². The fraction of sp³-hybridized carbons (Fsp3) is 0.417. The lowest BCUT2D eigenvalue weighted by atomic mass is 9.77. The zero-order valence-corrected chi connectivity index (χ0v) is 16.9. The van der Waals surface area contributed by atoms with Gasteiger partial charge in [-0.3, -0.25) is 9.59 Å². The summed E-state index contributed by atoms with van der Waals surface area (Å²) in [6, 6.07) is 12.9. The van der Waals surface area contributed by atoms with Crippen molar-refractivity contribution in [2.75, 3.05) is 19.6 Å². The van der Waals surface area contributed by atoms with Crippen molar-refractivity contribution in [3.63, 3.8) is 0 Å². The number of hydrogen-bond donors (Lipinski definition) is 0. The maximum absolute atomic E-state index is 13.8. The molecule has 4 nitrogen and oxygen atoms in total. The Balaban J connectivity index is 1.30. The van der Waals surface area contributed by atoms with Gasteiger partial charge in [0.05, 0.1) is 0 Å². The third kappa shape index (κ3) is 4.53. The van der Waals surface area contributed by atoms with Crippen LogP contribution in [-0.4, -0.2) is 41.2 Å². The van der Waals surface area contributed by atoms with E-state index in [9.17, 15) is 18.4 Å². The highest BCUT2D eigenvalue weighted by Crippen LogP contribution is 2.41. The van der Waals surface area contributed by atoms with Gasteiger partial charge in [-0.1, -0.05) is 30.3 Å². The second-order valence-electron chi connectivity index (χ2n) is 8.53. The van der Waals surface area contributed by atoms with Crippen LogP contribution in [0.15, 0.2) is 48.5 Å². The van der Waals surface area contributed by atoms with Gasteiger partial charge in [0.1, 0.15) is 11.6 Å². The number of nitrogens with zero attached hydrogens (tertiary/aromatic N) is 2. The van der Waals surface area contributed by atoms with Crippen LogP contribution >= 0.6 is 0 Å². The van der Waals surface area contributed by atoms with Crippen molar-refractivity contribution < 1.29 is 18.4 Å². The van der Waals surface area contributed by atoms with E-state index in [1.165, 1.54) is 18.2 Å². The van der Waals surface area contributed by atoms with Crippen LogP contribution in [0.1, 0.15) is 36.8 Å². The Labute approximate surface area is 175 Å². The molecule has 2 amide bonds. The van der Waals surface area contributed by atoms with Crippen LogP contribution in [0.5, 0.6) is 0 Å². The smallest absolute Gasteiger partial charge is 0.223 e. The van der Waals surface area contributed by atoms with E-state index >= 15 is 0 Å². The molecule has 2 heterocycles. The molecule has 0 N–H and O–H groups in total. The largest absolute Gasteiger partial charge is 0.343 e. The maximum atomic E-state index is 13.8. The molecule has 0 unspecified atom stereocenters. The minimum atomic E-state index is -0.295. The summed E-state index contributed by atoms with van der Waals surface area (Å²) in [7, 11) is 0. The lowest BCUT2D eigenvalue weighted by molar-refractivity contribution is -0.133. The first-order valence-corrected chi connectivity index (χ1v) is 10.5. The molecule has 1 spiro atoms. The molecule has 2 aliphatic rings. The Bertz CT molecular complexity index is 938. The summed E-state index contributed by atoms with van der Waals surface area (Å²) < 4.78 is 27.2. The van der Waals surface area contributed by atoms with Crippen LogP contribution in [0.25, 0.3) is 0 Å². The van der Waals surface area contributed by atoms with Gasteiger partial charge in [0, 0.05) is 44.4 Å². The minimum absolute atomic E-state index is 0.0362. The number of halogens is 2. The second-order valence-corrected chi connectivity index (χ2v) is 8.53. The number of carbonyl (C=O) groups excluding carboxylic acids is 2. The number of carbonyl (C=O) groups is 2. The van der Waals surface area contributed by atoms with Gasteiger partial charge >= 0.3 is 0 Å². The standard InChI is InChI=1S/C24H26F2N2O2/c25-20-6-3-4-18(14-20)16-28-17-24(15-23(28)30)10-12-27(13-11-24)22(29)9-8-19-5-1-2-7-21(19)26/h1-7,14H,8-13,15-17H2. The van der Waals surface area contributed by atoms with Gasteiger partial charge in [-0.2, -0.15) is 0 Å². The zero-order valence-electron chi connectivity index (χ0n) is 16.9. The molecule has 2 aliphatic heterocycles. The average Bonchev–Trinajstić information content (AvgIpc) is 3.02. The van der Waals surface area contributed by atoms with Crippen LogP contribution in [0, 0.1) is 17.0 Å². The highest BCUT2D eigenvalue weighted by atomic mass is 19.1. The van der Waals surface area contributed by atoms with Crippen molar-refractivity contribution in [3.05, 3.63) is 71.3 Å². The van der Waals surface area contributed by atoms with Crippen LogP contribution < -0.4 is 0 Å². The SMILES string of the molecule is O=C(CCc1ccccc1F)N1CCC2(CC1)CC(=O)N(Cc1cccc(F)c1)C2. The molecule has 0 atom stereocenters. The Morgan fingerprint density at radius 1 is 1.03 bits per heavy atom. The Hall–Kier alpha value is -2.76. The average molecular weight is 412 g/mol. The Kier molecular flexibility index (Phi) is 5.84. The summed E-state index contributed by atoms with van der Waals surface area (Å²) in [6.07, 6.45) is 2.73. The van der Waals surface area contributed by atoms with E-state index in [1.54, 1.807) is 24.3 Å². The molecule has 2 aromatic rings. The van der Waals surface area contributed by atoms with Gasteiger partial charge in [0.25, 0.3) is 0 Å². The first kappa shape index (κ1) is 20.5. The van der Waals surface area contributed by atoms with Crippen molar-refractivity contribution in [1.29, 1.82) is 0 Å². The summed E-state index contributed by atoms with van der Waals surface area (Å²) >= 11 is 0. The first-order chi connectivity index (χ1) is 14.4. The van der Waals surface area contributed by atoms with Crippen LogP contribution in [-0.2, 0) is 22.6 Å². The Morgan fingerprint density at radius 2 is 1.80 bits per heavy atom. The van der Waals surface area contributed by atoms with Gasteiger partial charge < -0.3 is 9.80 Å². The number of likely N-dealkylation sites (tertiary alicyclic amines) is 2. The molecule has 30 heavy (non-hydrogen) atoms. The zero-order chi connectivity index (χ0) is 21.1. The molecule has 2 aromatic carbocycles. The van der Waals surface area contributed by atoms with Crippen molar-refractivity contribution >= 4 is 11.8 Å². The quantitative estimate of drug-likeness (QED) is 0.747. The number of piperidine rings is 1. The molecule has 6 heteroatoms. The van der Waals surface area contributed by atoms with Crippen molar-refractivity contribution in [3.8, 4) is 0 Å². The molecular weight excluding hydrogens is 386 g/mol. The molecule has 0 bridgehead atoms. The van der Waals surface area contributed by atoms with Crippen molar-refractivity contribution in [2.24, 2.45) is 5.41 Å².